The molecule has 0 aromatic carbocycles. The second kappa shape index (κ2) is 17.9. The Hall–Kier alpha value is -0.120. The summed E-state index contributed by atoms with van der Waals surface area (Å²) in [6.45, 7) is 4.16. The molecule has 0 aliphatic rings. The van der Waals surface area contributed by atoms with Crippen LogP contribution >= 0.6 is 0 Å². The topological polar surface area (TPSA) is 64.1 Å². The molecule has 1 unspecified atom stereocenters. The van der Waals surface area contributed by atoms with Crippen molar-refractivity contribution < 1.29 is 0 Å². The Balaban J connectivity index is 3.07. The molecule has 1 atom stereocenters. The van der Waals surface area contributed by atoms with Gasteiger partial charge in [-0.15, -0.1) is 0 Å². The molecule has 21 heavy (non-hydrogen) atoms. The molecule has 0 spiro atoms. The largest absolute Gasteiger partial charge is 0.330 e. The zero-order valence-electron chi connectivity index (χ0n) is 14.5. The van der Waals surface area contributed by atoms with Crippen molar-refractivity contribution in [3.05, 3.63) is 0 Å². The molecule has 0 fully saturated rings. The molecular weight excluding hydrogens is 258 g/mol. The Kier molecular flexibility index (Phi) is 17.8. The fraction of sp³-hybridized carbons (Fsp3) is 1.00. The Morgan fingerprint density at radius 2 is 1.24 bits per heavy atom. The van der Waals surface area contributed by atoms with Crippen LogP contribution in [-0.2, 0) is 0 Å². The van der Waals surface area contributed by atoms with Gasteiger partial charge in [0.1, 0.15) is 0 Å². The Bertz CT molecular complexity index is 185. The summed E-state index contributed by atoms with van der Waals surface area (Å²) in [6, 6.07) is 0. The molecule has 0 saturated carbocycles. The predicted molar refractivity (Wildman–Crippen MR) is 95.3 cm³/mol. The smallest absolute Gasteiger partial charge is 0.0546 e. The van der Waals surface area contributed by atoms with Gasteiger partial charge in [0, 0.05) is 0 Å². The molecule has 0 rings (SSSR count). The number of unbranched alkanes of at least 4 members (excludes halogenated alkanes) is 11. The molecule has 0 heterocycles. The summed E-state index contributed by atoms with van der Waals surface area (Å²) in [6.07, 6.45) is 18.7. The minimum absolute atomic E-state index is 0.182. The maximum Gasteiger partial charge on any atom is 0.0546 e. The second-order valence-electron chi connectivity index (χ2n) is 6.38. The molecule has 3 heteroatoms. The lowest BCUT2D eigenvalue weighted by Crippen LogP contribution is -2.37. The average molecular weight is 300 g/mol. The first-order valence-electron chi connectivity index (χ1n) is 9.50. The van der Waals surface area contributed by atoms with Crippen LogP contribution in [0.5, 0.6) is 0 Å². The first-order chi connectivity index (χ1) is 10.3. The normalized spacial score (nSPS) is 12.7. The average Bonchev–Trinajstić information content (AvgIpc) is 2.49. The van der Waals surface area contributed by atoms with Gasteiger partial charge in [-0.1, -0.05) is 77.6 Å². The third-order valence-electron chi connectivity index (χ3n) is 4.16. The molecular formula is C18H41N3. The van der Waals surface area contributed by atoms with E-state index in [-0.39, 0.29) is 6.17 Å². The molecule has 5 N–H and O–H groups in total. The van der Waals surface area contributed by atoms with E-state index in [0.717, 1.165) is 25.9 Å². The highest BCUT2D eigenvalue weighted by Crippen LogP contribution is 2.10. The van der Waals surface area contributed by atoms with Gasteiger partial charge in [0.2, 0.25) is 0 Å². The molecule has 0 aliphatic heterocycles. The number of hydrogen-bond donors (Lipinski definition) is 3. The highest BCUT2D eigenvalue weighted by Gasteiger charge is 2.00. The lowest BCUT2D eigenvalue weighted by atomic mass is 10.1. The van der Waals surface area contributed by atoms with Gasteiger partial charge >= 0.3 is 0 Å². The highest BCUT2D eigenvalue weighted by molar-refractivity contribution is 4.59. The van der Waals surface area contributed by atoms with Crippen molar-refractivity contribution in [2.24, 2.45) is 11.5 Å². The lowest BCUT2D eigenvalue weighted by Gasteiger charge is -2.13. The number of nitrogens with one attached hydrogen (secondary N) is 1. The van der Waals surface area contributed by atoms with Crippen LogP contribution in [0.2, 0.25) is 0 Å². The molecule has 3 nitrogen and oxygen atoms in total. The van der Waals surface area contributed by atoms with Crippen molar-refractivity contribution in [1.29, 1.82) is 0 Å². The minimum atomic E-state index is 0.182. The van der Waals surface area contributed by atoms with Gasteiger partial charge in [-0.25, -0.2) is 0 Å². The molecule has 0 amide bonds. The summed E-state index contributed by atoms with van der Waals surface area (Å²) in [7, 11) is 0. The maximum absolute atomic E-state index is 6.03. The van der Waals surface area contributed by atoms with Crippen LogP contribution in [-0.4, -0.2) is 19.3 Å². The third kappa shape index (κ3) is 17.8. The van der Waals surface area contributed by atoms with Crippen LogP contribution in [0, 0.1) is 0 Å². The van der Waals surface area contributed by atoms with Crippen LogP contribution in [0.3, 0.4) is 0 Å². The van der Waals surface area contributed by atoms with E-state index < -0.39 is 0 Å². The van der Waals surface area contributed by atoms with Crippen LogP contribution < -0.4 is 16.8 Å². The van der Waals surface area contributed by atoms with Crippen molar-refractivity contribution in [1.82, 2.24) is 5.32 Å². The molecule has 0 aromatic heterocycles. The zero-order valence-corrected chi connectivity index (χ0v) is 14.5. The minimum Gasteiger partial charge on any atom is -0.330 e. The van der Waals surface area contributed by atoms with Crippen LogP contribution in [0.1, 0.15) is 96.8 Å². The van der Waals surface area contributed by atoms with Crippen LogP contribution in [0.25, 0.3) is 0 Å². The van der Waals surface area contributed by atoms with E-state index in [1.165, 1.54) is 77.0 Å². The van der Waals surface area contributed by atoms with E-state index in [4.69, 9.17) is 11.5 Å². The van der Waals surface area contributed by atoms with Gasteiger partial charge in [-0.05, 0) is 32.4 Å². The van der Waals surface area contributed by atoms with Crippen LogP contribution in [0.4, 0.5) is 0 Å². The Morgan fingerprint density at radius 3 is 1.81 bits per heavy atom. The van der Waals surface area contributed by atoms with E-state index in [9.17, 15) is 0 Å². The third-order valence-corrected chi connectivity index (χ3v) is 4.16. The lowest BCUT2D eigenvalue weighted by molar-refractivity contribution is 0.455. The number of rotatable bonds is 17. The van der Waals surface area contributed by atoms with Crippen LogP contribution in [0.15, 0.2) is 0 Å². The van der Waals surface area contributed by atoms with E-state index in [0.29, 0.717) is 0 Å². The molecule has 0 saturated heterocycles. The number of nitrogens with two attached hydrogens (primary N) is 2. The van der Waals surface area contributed by atoms with E-state index in [2.05, 4.69) is 12.2 Å². The predicted octanol–water partition coefficient (Wildman–Crippen LogP) is 4.30. The van der Waals surface area contributed by atoms with Crippen molar-refractivity contribution in [2.75, 3.05) is 13.1 Å². The van der Waals surface area contributed by atoms with E-state index in [1.54, 1.807) is 0 Å². The van der Waals surface area contributed by atoms with Gasteiger partial charge in [-0.3, -0.25) is 0 Å². The van der Waals surface area contributed by atoms with E-state index in [1.807, 2.05) is 0 Å². The standard InChI is InChI=1S/C18H41N3/c1-2-3-4-5-6-7-8-9-10-14-17-21-18(20)15-12-11-13-16-19/h18,21H,2-17,19-20H2,1H3. The summed E-state index contributed by atoms with van der Waals surface area (Å²) < 4.78 is 0. The van der Waals surface area contributed by atoms with Crippen molar-refractivity contribution in [3.63, 3.8) is 0 Å². The van der Waals surface area contributed by atoms with Crippen molar-refractivity contribution >= 4 is 0 Å². The summed E-state index contributed by atoms with van der Waals surface area (Å²) in [5, 5.41) is 3.43. The molecule has 0 aromatic rings. The molecule has 0 bridgehead atoms. The quantitative estimate of drug-likeness (QED) is 0.277. The van der Waals surface area contributed by atoms with Gasteiger partial charge < -0.3 is 16.8 Å². The van der Waals surface area contributed by atoms with Gasteiger partial charge in [0.15, 0.2) is 0 Å². The second-order valence-corrected chi connectivity index (χ2v) is 6.38. The molecule has 0 aliphatic carbocycles. The fourth-order valence-electron chi connectivity index (χ4n) is 2.69. The summed E-state index contributed by atoms with van der Waals surface area (Å²) in [5.41, 5.74) is 11.5. The maximum atomic E-state index is 6.03. The summed E-state index contributed by atoms with van der Waals surface area (Å²) >= 11 is 0. The fourth-order valence-corrected chi connectivity index (χ4v) is 2.69. The first kappa shape index (κ1) is 20.9. The van der Waals surface area contributed by atoms with Crippen molar-refractivity contribution in [3.8, 4) is 0 Å². The highest BCUT2D eigenvalue weighted by atomic mass is 15.0. The van der Waals surface area contributed by atoms with Gasteiger partial charge in [-0.2, -0.15) is 0 Å². The SMILES string of the molecule is CCCCCCCCCCCCNC(N)CCCCCN. The Morgan fingerprint density at radius 1 is 0.714 bits per heavy atom. The summed E-state index contributed by atoms with van der Waals surface area (Å²) in [5.74, 6) is 0. The summed E-state index contributed by atoms with van der Waals surface area (Å²) in [4.78, 5) is 0. The van der Waals surface area contributed by atoms with E-state index >= 15 is 0 Å². The Labute approximate surface area is 133 Å². The first-order valence-corrected chi connectivity index (χ1v) is 9.50. The zero-order chi connectivity index (χ0) is 15.6. The molecule has 128 valence electrons. The van der Waals surface area contributed by atoms with Crippen molar-refractivity contribution in [2.45, 2.75) is 103 Å². The van der Waals surface area contributed by atoms with Gasteiger partial charge in [0.05, 0.1) is 6.17 Å². The monoisotopic (exact) mass is 299 g/mol. The van der Waals surface area contributed by atoms with Gasteiger partial charge in [0.25, 0.3) is 0 Å². The molecule has 0 radical (unpaired) electrons. The number of hydrogen-bond acceptors (Lipinski definition) is 3.